The summed E-state index contributed by atoms with van der Waals surface area (Å²) >= 11 is 0. The molecule has 2 aromatic rings. The molecule has 2 aromatic carbocycles. The third-order valence-corrected chi connectivity index (χ3v) is 5.24. The summed E-state index contributed by atoms with van der Waals surface area (Å²) in [6.45, 7) is 3.29. The highest BCUT2D eigenvalue weighted by Crippen LogP contribution is 2.47. The normalized spacial score (nSPS) is 14.4. The van der Waals surface area contributed by atoms with Crippen LogP contribution in [0.15, 0.2) is 60.7 Å². The average Bonchev–Trinajstić information content (AvgIpc) is 3.48. The molecule has 0 spiro atoms. The van der Waals surface area contributed by atoms with Crippen molar-refractivity contribution >= 4 is 18.3 Å². The smallest absolute Gasteiger partial charge is 0.234 e. The molecule has 1 amide bonds. The number of carbonyl (C=O) groups excluding carboxylic acids is 1. The van der Waals surface area contributed by atoms with Gasteiger partial charge in [0, 0.05) is 31.6 Å². The fraction of sp³-hybridized carbons (Fsp3) is 0.409. The molecule has 27 heavy (non-hydrogen) atoms. The molecule has 0 aliphatic heterocycles. The molecule has 1 saturated carbocycles. The summed E-state index contributed by atoms with van der Waals surface area (Å²) < 4.78 is 0. The fourth-order valence-corrected chi connectivity index (χ4v) is 3.42. The second-order valence-electron chi connectivity index (χ2n) is 7.22. The van der Waals surface area contributed by atoms with Crippen molar-refractivity contribution < 1.29 is 4.79 Å². The number of halogens is 1. The Kier molecular flexibility index (Phi) is 8.29. The van der Waals surface area contributed by atoms with Gasteiger partial charge >= 0.3 is 0 Å². The van der Waals surface area contributed by atoms with Crippen LogP contribution < -0.4 is 11.1 Å². The number of rotatable bonds is 10. The zero-order chi connectivity index (χ0) is 18.2. The van der Waals surface area contributed by atoms with Crippen LogP contribution in [-0.2, 0) is 16.6 Å². The van der Waals surface area contributed by atoms with Gasteiger partial charge in [-0.2, -0.15) is 0 Å². The predicted molar refractivity (Wildman–Crippen MR) is 113 cm³/mol. The van der Waals surface area contributed by atoms with Crippen LogP contribution in [0, 0.1) is 0 Å². The van der Waals surface area contributed by atoms with E-state index in [1.807, 2.05) is 24.3 Å². The first-order valence-electron chi connectivity index (χ1n) is 9.50. The lowest BCUT2D eigenvalue weighted by atomic mass is 9.96. The van der Waals surface area contributed by atoms with Gasteiger partial charge in [0.25, 0.3) is 0 Å². The van der Waals surface area contributed by atoms with Gasteiger partial charge in [0.1, 0.15) is 0 Å². The van der Waals surface area contributed by atoms with E-state index in [-0.39, 0.29) is 23.7 Å². The molecule has 1 fully saturated rings. The van der Waals surface area contributed by atoms with Crippen molar-refractivity contribution in [2.24, 2.45) is 5.73 Å². The summed E-state index contributed by atoms with van der Waals surface area (Å²) in [5.41, 5.74) is 8.51. The minimum Gasteiger partial charge on any atom is -0.354 e. The van der Waals surface area contributed by atoms with Gasteiger partial charge in [-0.3, -0.25) is 9.69 Å². The number of nitrogens with zero attached hydrogens (tertiary/aromatic N) is 1. The van der Waals surface area contributed by atoms with E-state index >= 15 is 0 Å². The van der Waals surface area contributed by atoms with Gasteiger partial charge in [0.2, 0.25) is 5.91 Å². The Morgan fingerprint density at radius 2 is 1.63 bits per heavy atom. The zero-order valence-corrected chi connectivity index (χ0v) is 16.6. The monoisotopic (exact) mass is 387 g/mol. The maximum absolute atomic E-state index is 12.5. The first-order valence-corrected chi connectivity index (χ1v) is 9.50. The SMILES string of the molecule is Cl.NCCN(CCc1ccccc1)CC(=O)NCC1(c2ccccc2)CC1. The summed E-state index contributed by atoms with van der Waals surface area (Å²) in [7, 11) is 0. The standard InChI is InChI=1S/C22H29N3O.ClH/c23-14-16-25(15-11-19-7-3-1-4-8-19)17-21(26)24-18-22(12-13-22)20-9-5-2-6-10-20;/h1-10H,11-18,23H2,(H,24,26);1H. The molecule has 3 rings (SSSR count). The molecule has 1 aliphatic carbocycles. The summed E-state index contributed by atoms with van der Waals surface area (Å²) in [6, 6.07) is 20.9. The summed E-state index contributed by atoms with van der Waals surface area (Å²) in [4.78, 5) is 14.6. The molecule has 4 nitrogen and oxygen atoms in total. The highest BCUT2D eigenvalue weighted by atomic mass is 35.5. The third-order valence-electron chi connectivity index (χ3n) is 5.24. The van der Waals surface area contributed by atoms with E-state index in [9.17, 15) is 4.79 Å². The van der Waals surface area contributed by atoms with Crippen molar-refractivity contribution in [2.45, 2.75) is 24.7 Å². The number of hydrogen-bond acceptors (Lipinski definition) is 3. The number of hydrogen-bond donors (Lipinski definition) is 2. The van der Waals surface area contributed by atoms with Crippen molar-refractivity contribution in [1.29, 1.82) is 0 Å². The first kappa shape index (κ1) is 21.4. The highest BCUT2D eigenvalue weighted by molar-refractivity contribution is 5.85. The third kappa shape index (κ3) is 6.35. The van der Waals surface area contributed by atoms with E-state index in [1.54, 1.807) is 0 Å². The van der Waals surface area contributed by atoms with Crippen molar-refractivity contribution in [2.75, 3.05) is 32.7 Å². The van der Waals surface area contributed by atoms with Gasteiger partial charge < -0.3 is 11.1 Å². The van der Waals surface area contributed by atoms with Crippen molar-refractivity contribution in [3.63, 3.8) is 0 Å². The van der Waals surface area contributed by atoms with Crippen LogP contribution in [0.25, 0.3) is 0 Å². The Morgan fingerprint density at radius 1 is 1.00 bits per heavy atom. The molecular formula is C22H30ClN3O. The van der Waals surface area contributed by atoms with Crippen LogP contribution in [0.4, 0.5) is 0 Å². The molecule has 3 N–H and O–H groups in total. The quantitative estimate of drug-likeness (QED) is 0.659. The topological polar surface area (TPSA) is 58.4 Å². The largest absolute Gasteiger partial charge is 0.354 e. The minimum absolute atomic E-state index is 0. The fourth-order valence-electron chi connectivity index (χ4n) is 3.42. The number of nitrogens with one attached hydrogen (secondary N) is 1. The number of nitrogens with two attached hydrogens (primary N) is 1. The lowest BCUT2D eigenvalue weighted by Crippen LogP contribution is -2.42. The van der Waals surface area contributed by atoms with E-state index in [4.69, 9.17) is 5.73 Å². The van der Waals surface area contributed by atoms with Crippen LogP contribution >= 0.6 is 12.4 Å². The van der Waals surface area contributed by atoms with E-state index in [0.29, 0.717) is 13.1 Å². The predicted octanol–water partition coefficient (Wildman–Crippen LogP) is 2.76. The number of carbonyl (C=O) groups is 1. The van der Waals surface area contributed by atoms with Gasteiger partial charge in [-0.05, 0) is 30.4 Å². The maximum atomic E-state index is 12.5. The Hall–Kier alpha value is -1.88. The van der Waals surface area contributed by atoms with Crippen LogP contribution in [0.2, 0.25) is 0 Å². The van der Waals surface area contributed by atoms with Crippen LogP contribution in [0.5, 0.6) is 0 Å². The molecule has 0 bridgehead atoms. The Balaban J connectivity index is 0.00000261. The Bertz CT molecular complexity index is 689. The molecule has 5 heteroatoms. The van der Waals surface area contributed by atoms with E-state index < -0.39 is 0 Å². The molecular weight excluding hydrogens is 358 g/mol. The molecule has 1 aliphatic rings. The van der Waals surface area contributed by atoms with E-state index in [2.05, 4.69) is 46.6 Å². The Labute approximate surface area is 168 Å². The lowest BCUT2D eigenvalue weighted by molar-refractivity contribution is -0.122. The van der Waals surface area contributed by atoms with Crippen LogP contribution in [-0.4, -0.2) is 43.5 Å². The molecule has 0 unspecified atom stereocenters. The van der Waals surface area contributed by atoms with Gasteiger partial charge in [-0.1, -0.05) is 60.7 Å². The van der Waals surface area contributed by atoms with Gasteiger partial charge in [-0.15, -0.1) is 12.4 Å². The molecule has 0 heterocycles. The Morgan fingerprint density at radius 3 is 2.22 bits per heavy atom. The maximum Gasteiger partial charge on any atom is 0.234 e. The average molecular weight is 388 g/mol. The van der Waals surface area contributed by atoms with Crippen molar-refractivity contribution in [3.05, 3.63) is 71.8 Å². The molecule has 0 saturated heterocycles. The van der Waals surface area contributed by atoms with Gasteiger partial charge in [-0.25, -0.2) is 0 Å². The van der Waals surface area contributed by atoms with Gasteiger partial charge in [0.05, 0.1) is 6.54 Å². The molecule has 0 aromatic heterocycles. The van der Waals surface area contributed by atoms with Crippen LogP contribution in [0.3, 0.4) is 0 Å². The lowest BCUT2D eigenvalue weighted by Gasteiger charge is -2.22. The van der Waals surface area contributed by atoms with Gasteiger partial charge in [0.15, 0.2) is 0 Å². The number of amides is 1. The van der Waals surface area contributed by atoms with Crippen molar-refractivity contribution in [1.82, 2.24) is 10.2 Å². The highest BCUT2D eigenvalue weighted by Gasteiger charge is 2.44. The second kappa shape index (κ2) is 10.5. The molecule has 0 radical (unpaired) electrons. The zero-order valence-electron chi connectivity index (χ0n) is 15.8. The first-order chi connectivity index (χ1) is 12.7. The van der Waals surface area contributed by atoms with Crippen LogP contribution in [0.1, 0.15) is 24.0 Å². The number of benzene rings is 2. The second-order valence-corrected chi connectivity index (χ2v) is 7.22. The molecule has 0 atom stereocenters. The minimum atomic E-state index is 0. The molecule has 146 valence electrons. The van der Waals surface area contributed by atoms with E-state index in [1.165, 1.54) is 11.1 Å². The summed E-state index contributed by atoms with van der Waals surface area (Å²) in [5, 5.41) is 3.15. The van der Waals surface area contributed by atoms with E-state index in [0.717, 1.165) is 38.9 Å². The summed E-state index contributed by atoms with van der Waals surface area (Å²) in [5.74, 6) is 0.0914. The summed E-state index contributed by atoms with van der Waals surface area (Å²) in [6.07, 6.45) is 3.23. The van der Waals surface area contributed by atoms with Crippen molar-refractivity contribution in [3.8, 4) is 0 Å².